The Morgan fingerprint density at radius 1 is 1.58 bits per heavy atom. The highest BCUT2D eigenvalue weighted by Gasteiger charge is 2.11. The number of halogens is 1. The van der Waals surface area contributed by atoms with E-state index >= 15 is 0 Å². The lowest BCUT2D eigenvalue weighted by atomic mass is 10.2. The molecule has 2 rings (SSSR count). The first-order chi connectivity index (χ1) is 9.11. The summed E-state index contributed by atoms with van der Waals surface area (Å²) < 4.78 is 13.9. The molecule has 2 aromatic rings. The van der Waals surface area contributed by atoms with Crippen molar-refractivity contribution in [3.8, 4) is 0 Å². The average Bonchev–Trinajstić information content (AvgIpc) is 2.86. The van der Waals surface area contributed by atoms with E-state index in [-0.39, 0.29) is 18.0 Å². The van der Waals surface area contributed by atoms with Crippen molar-refractivity contribution < 1.29 is 8.81 Å². The summed E-state index contributed by atoms with van der Waals surface area (Å²) >= 11 is 0.0666. The highest BCUT2D eigenvalue weighted by Crippen LogP contribution is 2.22. The van der Waals surface area contributed by atoms with Crippen LogP contribution in [-0.4, -0.2) is 20.9 Å². The monoisotopic (exact) mass is 282 g/mol. The summed E-state index contributed by atoms with van der Waals surface area (Å²) in [5.41, 5.74) is 1.38. The molecule has 0 unspecified atom stereocenters. The standard InChI is InChI=1S/C11H11FN4O2S/c1-14(7-11-6-13-8-15(11)19-12)9-3-2-4-10(5-9)16(17)18/h2-6,8H,7H2,1H3. The summed E-state index contributed by atoms with van der Waals surface area (Å²) in [6, 6.07) is 6.28. The van der Waals surface area contributed by atoms with Crippen molar-refractivity contribution in [1.29, 1.82) is 0 Å². The van der Waals surface area contributed by atoms with Crippen LogP contribution in [0.3, 0.4) is 0 Å². The molecule has 0 fully saturated rings. The van der Waals surface area contributed by atoms with Gasteiger partial charge in [-0.25, -0.2) is 8.96 Å². The largest absolute Gasteiger partial charge is 0.368 e. The zero-order valence-electron chi connectivity index (χ0n) is 10.1. The molecule has 0 saturated carbocycles. The minimum Gasteiger partial charge on any atom is -0.368 e. The van der Waals surface area contributed by atoms with Crippen molar-refractivity contribution in [2.45, 2.75) is 6.54 Å². The first kappa shape index (κ1) is 13.3. The summed E-state index contributed by atoms with van der Waals surface area (Å²) in [4.78, 5) is 15.9. The van der Waals surface area contributed by atoms with Gasteiger partial charge in [-0.15, -0.1) is 3.89 Å². The second-order valence-corrected chi connectivity index (χ2v) is 4.44. The number of hydrogen-bond acceptors (Lipinski definition) is 5. The van der Waals surface area contributed by atoms with Crippen molar-refractivity contribution in [2.75, 3.05) is 11.9 Å². The van der Waals surface area contributed by atoms with E-state index in [1.54, 1.807) is 30.3 Å². The maximum absolute atomic E-state index is 12.6. The normalized spacial score (nSPS) is 10.4. The Labute approximate surface area is 113 Å². The Morgan fingerprint density at radius 3 is 3.05 bits per heavy atom. The van der Waals surface area contributed by atoms with E-state index in [0.717, 1.165) is 0 Å². The minimum atomic E-state index is -0.445. The molecule has 0 aliphatic carbocycles. The van der Waals surface area contributed by atoms with Crippen molar-refractivity contribution in [3.63, 3.8) is 0 Å². The predicted octanol–water partition coefficient (Wildman–Crippen LogP) is 2.81. The topological polar surface area (TPSA) is 64.2 Å². The molecule has 0 amide bonds. The summed E-state index contributed by atoms with van der Waals surface area (Å²) in [7, 11) is 1.78. The van der Waals surface area contributed by atoms with E-state index < -0.39 is 4.92 Å². The maximum Gasteiger partial charge on any atom is 0.271 e. The van der Waals surface area contributed by atoms with Crippen molar-refractivity contribution >= 4 is 23.7 Å². The number of nitrogens with zero attached hydrogens (tertiary/aromatic N) is 4. The molecule has 0 radical (unpaired) electrons. The number of benzene rings is 1. The Bertz CT molecular complexity index is 590. The van der Waals surface area contributed by atoms with Crippen molar-refractivity contribution in [3.05, 3.63) is 52.6 Å². The number of hydrogen-bond donors (Lipinski definition) is 0. The van der Waals surface area contributed by atoms with E-state index in [0.29, 0.717) is 17.9 Å². The molecule has 100 valence electrons. The Hall–Kier alpha value is -2.09. The first-order valence-corrected chi connectivity index (χ1v) is 6.05. The number of nitro benzene ring substituents is 1. The van der Waals surface area contributed by atoms with Gasteiger partial charge in [-0.2, -0.15) is 0 Å². The molecule has 19 heavy (non-hydrogen) atoms. The van der Waals surface area contributed by atoms with Gasteiger partial charge in [-0.3, -0.25) is 10.1 Å². The zero-order valence-corrected chi connectivity index (χ0v) is 10.9. The van der Waals surface area contributed by atoms with E-state index in [9.17, 15) is 14.0 Å². The van der Waals surface area contributed by atoms with Crippen LogP contribution in [-0.2, 0) is 6.54 Å². The van der Waals surface area contributed by atoms with Crippen LogP contribution in [0.1, 0.15) is 5.69 Å². The van der Waals surface area contributed by atoms with E-state index in [1.165, 1.54) is 22.4 Å². The lowest BCUT2D eigenvalue weighted by Crippen LogP contribution is -2.17. The lowest BCUT2D eigenvalue weighted by Gasteiger charge is -2.18. The summed E-state index contributed by atoms with van der Waals surface area (Å²) in [6.07, 6.45) is 2.93. The molecule has 0 bridgehead atoms. The molecule has 0 aliphatic rings. The van der Waals surface area contributed by atoms with Crippen LogP contribution in [0.2, 0.25) is 0 Å². The number of anilines is 1. The molecule has 1 aromatic heterocycles. The van der Waals surface area contributed by atoms with Crippen LogP contribution >= 0.6 is 12.3 Å². The van der Waals surface area contributed by atoms with Gasteiger partial charge in [-0.1, -0.05) is 6.07 Å². The van der Waals surface area contributed by atoms with Crippen LogP contribution in [0.4, 0.5) is 15.3 Å². The van der Waals surface area contributed by atoms with E-state index in [2.05, 4.69) is 4.98 Å². The van der Waals surface area contributed by atoms with Gasteiger partial charge in [0.25, 0.3) is 5.69 Å². The quantitative estimate of drug-likeness (QED) is 0.623. The molecule has 6 nitrogen and oxygen atoms in total. The average molecular weight is 282 g/mol. The zero-order chi connectivity index (χ0) is 13.8. The maximum atomic E-state index is 12.6. The van der Waals surface area contributed by atoms with Crippen LogP contribution in [0.5, 0.6) is 0 Å². The molecule has 1 aromatic carbocycles. The van der Waals surface area contributed by atoms with Gasteiger partial charge < -0.3 is 4.90 Å². The van der Waals surface area contributed by atoms with Crippen LogP contribution in [0.15, 0.2) is 36.8 Å². The van der Waals surface area contributed by atoms with Crippen LogP contribution in [0, 0.1) is 10.1 Å². The fraction of sp³-hybridized carbons (Fsp3) is 0.182. The Kier molecular flexibility index (Phi) is 4.00. The second-order valence-electron chi connectivity index (χ2n) is 3.91. The third-order valence-electron chi connectivity index (χ3n) is 2.63. The van der Waals surface area contributed by atoms with Gasteiger partial charge in [0, 0.05) is 24.9 Å². The third kappa shape index (κ3) is 3.02. The highest BCUT2D eigenvalue weighted by atomic mass is 32.2. The van der Waals surface area contributed by atoms with Gasteiger partial charge in [0.05, 0.1) is 23.4 Å². The summed E-state index contributed by atoms with van der Waals surface area (Å²) in [5.74, 6) is 0. The van der Waals surface area contributed by atoms with Crippen molar-refractivity contribution in [2.24, 2.45) is 0 Å². The van der Waals surface area contributed by atoms with Gasteiger partial charge in [0.1, 0.15) is 6.33 Å². The smallest absolute Gasteiger partial charge is 0.271 e. The Balaban J connectivity index is 2.18. The molecule has 0 aliphatic heterocycles. The Morgan fingerprint density at radius 2 is 2.37 bits per heavy atom. The van der Waals surface area contributed by atoms with Gasteiger partial charge in [0.2, 0.25) is 0 Å². The number of imidazole rings is 1. The summed E-state index contributed by atoms with van der Waals surface area (Å²) in [5, 5.41) is 10.7. The lowest BCUT2D eigenvalue weighted by molar-refractivity contribution is -0.384. The predicted molar refractivity (Wildman–Crippen MR) is 71.5 cm³/mol. The fourth-order valence-electron chi connectivity index (χ4n) is 1.66. The minimum absolute atomic E-state index is 0.0257. The van der Waals surface area contributed by atoms with Crippen molar-refractivity contribution in [1.82, 2.24) is 8.96 Å². The van der Waals surface area contributed by atoms with Crippen LogP contribution in [0.25, 0.3) is 0 Å². The van der Waals surface area contributed by atoms with E-state index in [4.69, 9.17) is 0 Å². The first-order valence-electron chi connectivity index (χ1n) is 5.37. The number of non-ortho nitro benzene ring substituents is 1. The van der Waals surface area contributed by atoms with E-state index in [1.807, 2.05) is 0 Å². The molecule has 1 heterocycles. The number of aromatic nitrogens is 2. The van der Waals surface area contributed by atoms with Crippen LogP contribution < -0.4 is 4.90 Å². The summed E-state index contributed by atoms with van der Waals surface area (Å²) in [6.45, 7) is 0.401. The fourth-order valence-corrected chi connectivity index (χ4v) is 1.95. The third-order valence-corrected chi connectivity index (χ3v) is 3.11. The molecule has 0 spiro atoms. The number of rotatable bonds is 5. The number of nitro groups is 1. The second kappa shape index (κ2) is 5.70. The molecular formula is C11H11FN4O2S. The SMILES string of the molecule is CN(Cc1cncn1SF)c1cccc([N+](=O)[O-])c1. The van der Waals surface area contributed by atoms with Gasteiger partial charge in [0.15, 0.2) is 12.3 Å². The van der Waals surface area contributed by atoms with Gasteiger partial charge in [-0.05, 0) is 6.07 Å². The molecule has 0 atom stereocenters. The highest BCUT2D eigenvalue weighted by molar-refractivity contribution is 7.92. The molecular weight excluding hydrogens is 271 g/mol. The molecule has 0 saturated heterocycles. The van der Waals surface area contributed by atoms with Gasteiger partial charge >= 0.3 is 0 Å². The molecule has 0 N–H and O–H groups in total. The molecule has 8 heteroatoms.